The first-order valence-corrected chi connectivity index (χ1v) is 9.06. The van der Waals surface area contributed by atoms with E-state index in [0.29, 0.717) is 25.3 Å². The zero-order chi connectivity index (χ0) is 17.5. The van der Waals surface area contributed by atoms with Crippen molar-refractivity contribution >= 4 is 35.4 Å². The van der Waals surface area contributed by atoms with Gasteiger partial charge in [-0.05, 0) is 17.9 Å². The molecule has 1 aromatic carbocycles. The monoisotopic (exact) mass is 392 g/mol. The quantitative estimate of drug-likeness (QED) is 0.443. The van der Waals surface area contributed by atoms with E-state index in [0.717, 1.165) is 29.1 Å². The average Bonchev–Trinajstić information content (AvgIpc) is 3.17. The fraction of sp³-hybridized carbons (Fsp3) is 0.263. The van der Waals surface area contributed by atoms with Crippen molar-refractivity contribution < 1.29 is 14.7 Å². The van der Waals surface area contributed by atoms with Crippen LogP contribution in [0.15, 0.2) is 64.6 Å². The van der Waals surface area contributed by atoms with E-state index in [1.54, 1.807) is 17.4 Å². The van der Waals surface area contributed by atoms with E-state index in [2.05, 4.69) is 10.1 Å². The van der Waals surface area contributed by atoms with Gasteiger partial charge in [-0.25, -0.2) is 4.79 Å². The number of carboxylic acid groups (broad SMARTS) is 1. The second-order valence-corrected chi connectivity index (χ2v) is 6.66. The van der Waals surface area contributed by atoms with Crippen molar-refractivity contribution in [3.05, 3.63) is 69.9 Å². The number of halogens is 1. The Morgan fingerprint density at radius 3 is 2.73 bits per heavy atom. The second-order valence-electron chi connectivity index (χ2n) is 5.72. The van der Waals surface area contributed by atoms with Crippen LogP contribution in [0.25, 0.3) is 0 Å². The van der Waals surface area contributed by atoms with Crippen LogP contribution in [0.2, 0.25) is 0 Å². The number of hydrogen-bond donors (Lipinski definition) is 1. The van der Waals surface area contributed by atoms with Gasteiger partial charge in [0, 0.05) is 30.8 Å². The fourth-order valence-electron chi connectivity index (χ4n) is 2.68. The van der Waals surface area contributed by atoms with Crippen LogP contribution in [0.3, 0.4) is 0 Å². The molecule has 0 fully saturated rings. The van der Waals surface area contributed by atoms with Gasteiger partial charge in [0.25, 0.3) is 0 Å². The molecule has 0 unspecified atom stereocenters. The molecule has 0 amide bonds. The number of rotatable bonds is 7. The molecule has 26 heavy (non-hydrogen) atoms. The normalized spacial score (nSPS) is 15.1. The highest BCUT2D eigenvalue weighted by atomic mass is 35.5. The van der Waals surface area contributed by atoms with Crippen molar-refractivity contribution in [3.8, 4) is 0 Å². The summed E-state index contributed by atoms with van der Waals surface area (Å²) in [5.41, 5.74) is 2.29. The van der Waals surface area contributed by atoms with Crippen molar-refractivity contribution in [2.24, 2.45) is 5.16 Å². The average molecular weight is 393 g/mol. The van der Waals surface area contributed by atoms with E-state index in [4.69, 9.17) is 9.94 Å². The molecule has 2 heterocycles. The van der Waals surface area contributed by atoms with Gasteiger partial charge in [-0.2, -0.15) is 0 Å². The molecule has 1 aliphatic rings. The lowest BCUT2D eigenvalue weighted by molar-refractivity contribution is -0.133. The van der Waals surface area contributed by atoms with Crippen LogP contribution >= 0.6 is 23.7 Å². The molecule has 138 valence electrons. The van der Waals surface area contributed by atoms with Crippen LogP contribution in [0.1, 0.15) is 16.9 Å². The Morgan fingerprint density at radius 1 is 1.23 bits per heavy atom. The summed E-state index contributed by atoms with van der Waals surface area (Å²) < 4.78 is 0. The number of carbonyl (C=O) groups is 1. The van der Waals surface area contributed by atoms with Gasteiger partial charge in [0.2, 0.25) is 0 Å². The Morgan fingerprint density at radius 2 is 2.04 bits per heavy atom. The van der Waals surface area contributed by atoms with Crippen molar-refractivity contribution in [2.75, 3.05) is 26.2 Å². The Balaban J connectivity index is 0.00000243. The number of carboxylic acids is 1. The van der Waals surface area contributed by atoms with Crippen molar-refractivity contribution in [2.45, 2.75) is 6.42 Å². The predicted molar refractivity (Wildman–Crippen MR) is 106 cm³/mol. The highest BCUT2D eigenvalue weighted by molar-refractivity contribution is 7.12. The van der Waals surface area contributed by atoms with Gasteiger partial charge in [0.1, 0.15) is 12.3 Å². The van der Waals surface area contributed by atoms with Crippen LogP contribution in [0, 0.1) is 0 Å². The summed E-state index contributed by atoms with van der Waals surface area (Å²) in [7, 11) is 0. The van der Waals surface area contributed by atoms with E-state index >= 15 is 0 Å². The minimum absolute atomic E-state index is 0. The smallest absolute Gasteiger partial charge is 0.332 e. The lowest BCUT2D eigenvalue weighted by atomic mass is 10.1. The molecule has 3 rings (SSSR count). The largest absolute Gasteiger partial charge is 0.478 e. The first-order chi connectivity index (χ1) is 12.2. The van der Waals surface area contributed by atoms with Gasteiger partial charge in [0.05, 0.1) is 4.88 Å². The Labute approximate surface area is 163 Å². The third-order valence-electron chi connectivity index (χ3n) is 3.96. The zero-order valence-corrected chi connectivity index (χ0v) is 15.8. The Hall–Kier alpha value is -2.15. The SMILES string of the molecule is Cl.O=C(O)C1=CCCN(CCO/N=C(\c2ccccc2)c2cccs2)C1. The van der Waals surface area contributed by atoms with Gasteiger partial charge < -0.3 is 9.94 Å². The summed E-state index contributed by atoms with van der Waals surface area (Å²) in [6.45, 7) is 2.38. The van der Waals surface area contributed by atoms with E-state index < -0.39 is 5.97 Å². The lowest BCUT2D eigenvalue weighted by Crippen LogP contribution is -2.34. The summed E-state index contributed by atoms with van der Waals surface area (Å²) in [4.78, 5) is 19.8. The first-order valence-electron chi connectivity index (χ1n) is 8.18. The molecule has 0 saturated carbocycles. The maximum atomic E-state index is 11.1. The minimum atomic E-state index is -0.840. The standard InChI is InChI=1S/C19H20N2O3S.ClH/c22-19(23)16-8-4-10-21(14-16)11-12-24-20-18(17-9-5-13-25-17)15-6-2-1-3-7-15;/h1-3,5-9,13H,4,10-12,14H2,(H,22,23);1H/b20-18+;. The highest BCUT2D eigenvalue weighted by Crippen LogP contribution is 2.16. The van der Waals surface area contributed by atoms with E-state index in [1.807, 2.05) is 47.8 Å². The van der Waals surface area contributed by atoms with Gasteiger partial charge >= 0.3 is 5.97 Å². The number of nitrogens with zero attached hydrogens (tertiary/aromatic N) is 2. The number of oxime groups is 1. The number of hydrogen-bond acceptors (Lipinski definition) is 5. The van der Waals surface area contributed by atoms with Crippen molar-refractivity contribution in [3.63, 3.8) is 0 Å². The summed E-state index contributed by atoms with van der Waals surface area (Å²) >= 11 is 1.62. The van der Waals surface area contributed by atoms with Gasteiger partial charge in [0.15, 0.2) is 0 Å². The molecule has 1 aromatic heterocycles. The molecule has 0 saturated heterocycles. The number of aliphatic carboxylic acids is 1. The summed E-state index contributed by atoms with van der Waals surface area (Å²) in [6.07, 6.45) is 2.55. The fourth-order valence-corrected chi connectivity index (χ4v) is 3.41. The Bertz CT molecular complexity index is 760. The summed E-state index contributed by atoms with van der Waals surface area (Å²) in [5.74, 6) is -0.840. The molecule has 7 heteroatoms. The second kappa shape index (κ2) is 10.1. The van der Waals surface area contributed by atoms with Crippen LogP contribution in [0.4, 0.5) is 0 Å². The van der Waals surface area contributed by atoms with Crippen molar-refractivity contribution in [1.29, 1.82) is 0 Å². The molecular formula is C19H21ClN2O3S. The van der Waals surface area contributed by atoms with Crippen LogP contribution in [-0.2, 0) is 9.63 Å². The van der Waals surface area contributed by atoms with Crippen molar-refractivity contribution in [1.82, 2.24) is 4.90 Å². The summed E-state index contributed by atoms with van der Waals surface area (Å²) in [5, 5.41) is 15.4. The molecule has 0 aliphatic carbocycles. The van der Waals surface area contributed by atoms with E-state index in [-0.39, 0.29) is 12.4 Å². The van der Waals surface area contributed by atoms with Gasteiger partial charge in [-0.3, -0.25) is 4.90 Å². The highest BCUT2D eigenvalue weighted by Gasteiger charge is 2.17. The molecule has 0 spiro atoms. The van der Waals surface area contributed by atoms with E-state index in [9.17, 15) is 4.79 Å². The topological polar surface area (TPSA) is 62.1 Å². The number of thiophene rings is 1. The molecule has 1 aliphatic heterocycles. The molecule has 5 nitrogen and oxygen atoms in total. The first kappa shape index (κ1) is 20.2. The van der Waals surface area contributed by atoms with Crippen LogP contribution in [-0.4, -0.2) is 47.9 Å². The minimum Gasteiger partial charge on any atom is -0.478 e. The maximum absolute atomic E-state index is 11.1. The molecular weight excluding hydrogens is 372 g/mol. The predicted octanol–water partition coefficient (Wildman–Crippen LogP) is 3.66. The van der Waals surface area contributed by atoms with Crippen LogP contribution < -0.4 is 0 Å². The molecule has 1 N–H and O–H groups in total. The lowest BCUT2D eigenvalue weighted by Gasteiger charge is -2.24. The molecule has 0 radical (unpaired) electrons. The summed E-state index contributed by atoms with van der Waals surface area (Å²) in [6, 6.07) is 14.0. The molecule has 2 aromatic rings. The Kier molecular flexibility index (Phi) is 7.84. The maximum Gasteiger partial charge on any atom is 0.332 e. The van der Waals surface area contributed by atoms with Gasteiger partial charge in [-0.15, -0.1) is 23.7 Å². The van der Waals surface area contributed by atoms with E-state index in [1.165, 1.54) is 0 Å². The third-order valence-corrected chi connectivity index (χ3v) is 4.84. The molecule has 0 bridgehead atoms. The molecule has 0 atom stereocenters. The zero-order valence-electron chi connectivity index (χ0n) is 14.2. The third kappa shape index (κ3) is 5.42. The van der Waals surface area contributed by atoms with Gasteiger partial charge in [-0.1, -0.05) is 47.6 Å². The number of benzene rings is 1. The van der Waals surface area contributed by atoms with Crippen LogP contribution in [0.5, 0.6) is 0 Å².